The Bertz CT molecular complexity index is 425. The van der Waals surface area contributed by atoms with Gasteiger partial charge < -0.3 is 9.64 Å². The molecule has 0 aliphatic heterocycles. The zero-order chi connectivity index (χ0) is 15.0. The lowest BCUT2D eigenvalue weighted by Crippen LogP contribution is -2.36. The van der Waals surface area contributed by atoms with E-state index >= 15 is 0 Å². The van der Waals surface area contributed by atoms with Gasteiger partial charge in [-0.25, -0.2) is 4.79 Å². The van der Waals surface area contributed by atoms with E-state index in [9.17, 15) is 4.79 Å². The molecule has 1 aromatic heterocycles. The molecule has 112 valence electrons. The van der Waals surface area contributed by atoms with Crippen LogP contribution in [-0.2, 0) is 9.53 Å². The molecule has 0 aromatic carbocycles. The standard InChI is InChI=1S/C14H22BrN3O2/c1-4-18(5-2)7-6-17-13(14(19)20-3)11-8-12(15)10-16-9-11/h8-10,13,17H,4-7H2,1-3H3. The summed E-state index contributed by atoms with van der Waals surface area (Å²) < 4.78 is 5.70. The average molecular weight is 344 g/mol. The number of aromatic nitrogens is 1. The van der Waals surface area contributed by atoms with Crippen molar-refractivity contribution in [1.29, 1.82) is 0 Å². The third kappa shape index (κ3) is 5.19. The number of pyridine rings is 1. The van der Waals surface area contributed by atoms with E-state index in [1.165, 1.54) is 7.11 Å². The highest BCUT2D eigenvalue weighted by Crippen LogP contribution is 2.17. The van der Waals surface area contributed by atoms with E-state index in [-0.39, 0.29) is 5.97 Å². The molecule has 6 heteroatoms. The molecule has 1 heterocycles. The van der Waals surface area contributed by atoms with Gasteiger partial charge in [-0.05, 0) is 40.6 Å². The summed E-state index contributed by atoms with van der Waals surface area (Å²) in [6.07, 6.45) is 3.37. The molecular formula is C14H22BrN3O2. The smallest absolute Gasteiger partial charge is 0.327 e. The molecule has 1 rings (SSSR count). The van der Waals surface area contributed by atoms with Crippen LogP contribution in [0.4, 0.5) is 0 Å². The Balaban J connectivity index is 2.68. The summed E-state index contributed by atoms with van der Waals surface area (Å²) in [6, 6.07) is 1.39. The number of rotatable bonds is 8. The van der Waals surface area contributed by atoms with Crippen molar-refractivity contribution in [2.24, 2.45) is 0 Å². The maximum Gasteiger partial charge on any atom is 0.327 e. The molecule has 1 aromatic rings. The van der Waals surface area contributed by atoms with Crippen molar-refractivity contribution < 1.29 is 9.53 Å². The van der Waals surface area contributed by atoms with Crippen LogP contribution in [0.2, 0.25) is 0 Å². The van der Waals surface area contributed by atoms with E-state index in [1.54, 1.807) is 12.4 Å². The number of nitrogens with zero attached hydrogens (tertiary/aromatic N) is 2. The van der Waals surface area contributed by atoms with Gasteiger partial charge in [0.25, 0.3) is 0 Å². The van der Waals surface area contributed by atoms with E-state index in [0.29, 0.717) is 6.54 Å². The van der Waals surface area contributed by atoms with Crippen LogP contribution in [-0.4, -0.2) is 49.1 Å². The molecule has 0 saturated heterocycles. The molecule has 0 bridgehead atoms. The van der Waals surface area contributed by atoms with Crippen molar-refractivity contribution in [1.82, 2.24) is 15.2 Å². The van der Waals surface area contributed by atoms with Crippen LogP contribution in [0.3, 0.4) is 0 Å². The van der Waals surface area contributed by atoms with Gasteiger partial charge in [0.1, 0.15) is 6.04 Å². The van der Waals surface area contributed by atoms with Crippen LogP contribution < -0.4 is 5.32 Å². The van der Waals surface area contributed by atoms with Crippen LogP contribution in [0.25, 0.3) is 0 Å². The molecule has 0 radical (unpaired) electrons. The van der Waals surface area contributed by atoms with Crippen molar-refractivity contribution in [3.8, 4) is 0 Å². The highest BCUT2D eigenvalue weighted by Gasteiger charge is 2.21. The number of carbonyl (C=O) groups excluding carboxylic acids is 1. The van der Waals surface area contributed by atoms with Crippen molar-refractivity contribution in [2.75, 3.05) is 33.3 Å². The minimum absolute atomic E-state index is 0.301. The third-order valence-corrected chi connectivity index (χ3v) is 3.60. The Labute approximate surface area is 128 Å². The number of halogens is 1. The second kappa shape index (κ2) is 9.05. The minimum atomic E-state index is -0.486. The number of carbonyl (C=O) groups is 1. The molecule has 0 aliphatic carbocycles. The Hall–Kier alpha value is -0.980. The van der Waals surface area contributed by atoms with E-state index in [0.717, 1.165) is 29.7 Å². The van der Waals surface area contributed by atoms with Crippen LogP contribution in [0.5, 0.6) is 0 Å². The zero-order valence-corrected chi connectivity index (χ0v) is 13.8. The largest absolute Gasteiger partial charge is 0.468 e. The van der Waals surface area contributed by atoms with E-state index in [2.05, 4.69) is 45.0 Å². The van der Waals surface area contributed by atoms with Crippen LogP contribution >= 0.6 is 15.9 Å². The monoisotopic (exact) mass is 343 g/mol. The number of esters is 1. The van der Waals surface area contributed by atoms with Gasteiger partial charge in [0.15, 0.2) is 0 Å². The predicted molar refractivity (Wildman–Crippen MR) is 82.5 cm³/mol. The Morgan fingerprint density at radius 3 is 2.70 bits per heavy atom. The first-order valence-electron chi connectivity index (χ1n) is 6.76. The Kier molecular flexibility index (Phi) is 7.72. The highest BCUT2D eigenvalue weighted by molar-refractivity contribution is 9.10. The third-order valence-electron chi connectivity index (χ3n) is 3.17. The molecule has 0 amide bonds. The van der Waals surface area contributed by atoms with Gasteiger partial charge in [0, 0.05) is 30.0 Å². The molecule has 1 unspecified atom stereocenters. The SMILES string of the molecule is CCN(CC)CCNC(C(=O)OC)c1cncc(Br)c1. The fourth-order valence-electron chi connectivity index (χ4n) is 1.95. The molecule has 20 heavy (non-hydrogen) atoms. The van der Waals surface area contributed by atoms with Gasteiger partial charge >= 0.3 is 5.97 Å². The van der Waals surface area contributed by atoms with Gasteiger partial charge in [-0.2, -0.15) is 0 Å². The highest BCUT2D eigenvalue weighted by atomic mass is 79.9. The molecule has 5 nitrogen and oxygen atoms in total. The Morgan fingerprint density at radius 2 is 2.15 bits per heavy atom. The summed E-state index contributed by atoms with van der Waals surface area (Å²) in [5.41, 5.74) is 0.797. The fraction of sp³-hybridized carbons (Fsp3) is 0.571. The molecule has 0 spiro atoms. The lowest BCUT2D eigenvalue weighted by molar-refractivity contribution is -0.143. The van der Waals surface area contributed by atoms with Gasteiger partial charge in [0.2, 0.25) is 0 Å². The van der Waals surface area contributed by atoms with Gasteiger partial charge in [-0.3, -0.25) is 10.3 Å². The summed E-state index contributed by atoms with van der Waals surface area (Å²) in [7, 11) is 1.40. The quantitative estimate of drug-likeness (QED) is 0.731. The van der Waals surface area contributed by atoms with Crippen molar-refractivity contribution in [3.05, 3.63) is 28.5 Å². The van der Waals surface area contributed by atoms with Crippen LogP contribution in [0, 0.1) is 0 Å². The summed E-state index contributed by atoms with van der Waals surface area (Å²) in [4.78, 5) is 18.3. The van der Waals surface area contributed by atoms with Gasteiger partial charge in [-0.1, -0.05) is 13.8 Å². The molecule has 0 fully saturated rings. The summed E-state index contributed by atoms with van der Waals surface area (Å²) >= 11 is 3.36. The van der Waals surface area contributed by atoms with Crippen LogP contribution in [0.15, 0.2) is 22.9 Å². The molecule has 0 saturated carbocycles. The lowest BCUT2D eigenvalue weighted by Gasteiger charge is -2.21. The van der Waals surface area contributed by atoms with Crippen molar-refractivity contribution in [3.63, 3.8) is 0 Å². The van der Waals surface area contributed by atoms with E-state index < -0.39 is 6.04 Å². The molecular weight excluding hydrogens is 322 g/mol. The van der Waals surface area contributed by atoms with Gasteiger partial charge in [0.05, 0.1) is 7.11 Å². The second-order valence-corrected chi connectivity index (χ2v) is 5.29. The number of likely N-dealkylation sites (N-methyl/N-ethyl adjacent to an activating group) is 1. The molecule has 1 N–H and O–H groups in total. The van der Waals surface area contributed by atoms with Gasteiger partial charge in [-0.15, -0.1) is 0 Å². The van der Waals surface area contributed by atoms with E-state index in [4.69, 9.17) is 4.74 Å². The van der Waals surface area contributed by atoms with Crippen LogP contribution in [0.1, 0.15) is 25.5 Å². The number of ether oxygens (including phenoxy) is 1. The first-order chi connectivity index (χ1) is 9.62. The number of hydrogen-bond donors (Lipinski definition) is 1. The molecule has 0 aliphatic rings. The Morgan fingerprint density at radius 1 is 1.45 bits per heavy atom. The van der Waals surface area contributed by atoms with Crippen molar-refractivity contribution in [2.45, 2.75) is 19.9 Å². The normalized spacial score (nSPS) is 12.4. The summed E-state index contributed by atoms with van der Waals surface area (Å²) in [5.74, 6) is -0.301. The second-order valence-electron chi connectivity index (χ2n) is 4.37. The maximum atomic E-state index is 11.9. The maximum absolute atomic E-state index is 11.9. The first-order valence-corrected chi connectivity index (χ1v) is 7.55. The minimum Gasteiger partial charge on any atom is -0.468 e. The zero-order valence-electron chi connectivity index (χ0n) is 12.2. The summed E-state index contributed by atoms with van der Waals surface area (Å²) in [5, 5.41) is 3.24. The summed E-state index contributed by atoms with van der Waals surface area (Å²) in [6.45, 7) is 7.86. The first kappa shape index (κ1) is 17.1. The topological polar surface area (TPSA) is 54.5 Å². The number of methoxy groups -OCH3 is 1. The number of hydrogen-bond acceptors (Lipinski definition) is 5. The predicted octanol–water partition coefficient (Wildman–Crippen LogP) is 1.99. The fourth-order valence-corrected chi connectivity index (χ4v) is 2.33. The average Bonchev–Trinajstić information content (AvgIpc) is 2.47. The molecule has 1 atom stereocenters. The van der Waals surface area contributed by atoms with E-state index in [1.807, 2.05) is 6.07 Å². The van der Waals surface area contributed by atoms with Crippen molar-refractivity contribution >= 4 is 21.9 Å². The number of nitrogens with one attached hydrogen (secondary N) is 1. The lowest BCUT2D eigenvalue weighted by atomic mass is 10.1.